The summed E-state index contributed by atoms with van der Waals surface area (Å²) in [4.78, 5) is 62.2. The summed E-state index contributed by atoms with van der Waals surface area (Å²) in [6, 6.07) is 30.5. The molecule has 0 radical (unpaired) electrons. The highest BCUT2D eigenvalue weighted by Crippen LogP contribution is 2.20. The molecule has 3 N–H and O–H groups in total. The number of carbonyl (C=O) groups is 4. The molecule has 336 valence electrons. The topological polar surface area (TPSA) is 169 Å². The van der Waals surface area contributed by atoms with Crippen LogP contribution in [0.15, 0.2) is 97.1 Å². The van der Waals surface area contributed by atoms with Crippen molar-refractivity contribution in [3.8, 4) is 17.6 Å². The second-order valence-corrected chi connectivity index (χ2v) is 15.1. The predicted molar refractivity (Wildman–Crippen MR) is 252 cm³/mol. The second kappa shape index (κ2) is 28.2. The Morgan fingerprint density at radius 1 is 0.585 bits per heavy atom. The normalized spacial score (nSPS) is 13.0. The summed E-state index contributed by atoms with van der Waals surface area (Å²) in [5.74, 6) is -0.549. The monoisotopic (exact) mass is 942 g/mol. The van der Waals surface area contributed by atoms with Crippen molar-refractivity contribution in [3.63, 3.8) is 0 Å². The predicted octanol–water partition coefficient (Wildman–Crippen LogP) is 7.45. The number of piperazine rings is 2. The summed E-state index contributed by atoms with van der Waals surface area (Å²) >= 11 is 3.37. The zero-order valence-electron chi connectivity index (χ0n) is 36.0. The van der Waals surface area contributed by atoms with Crippen LogP contribution < -0.4 is 25.4 Å². The molecular formula is C48H51BrN10O6. The standard InChI is InChI=1S/C24H25N5O3.C14H15N3O3.C10H11BrN2/c1-26-20-8-10-22(11-9-20)32-17-3-14-29-16-15-28(23(30)24(29)31)13-2-12-27-21-6-4-19(18-25)5-7-21;1-15-11-3-5-12(6-4-11)20-10-2-8-17-9-7-16-13(18)14(17)19;1-12-9-3-5-10(6-4-9)13-8-2-7-11/h4-11,27H,2-3,12-17H2;3-6H,2,7-10H2,(H,16,18);3-6,13H,2,7-8H2. The van der Waals surface area contributed by atoms with Gasteiger partial charge in [0.25, 0.3) is 0 Å². The van der Waals surface area contributed by atoms with Crippen molar-refractivity contribution in [2.45, 2.75) is 25.7 Å². The van der Waals surface area contributed by atoms with Crippen LogP contribution in [0.25, 0.3) is 14.5 Å². The van der Waals surface area contributed by atoms with E-state index < -0.39 is 23.6 Å². The van der Waals surface area contributed by atoms with Crippen molar-refractivity contribution in [2.24, 2.45) is 0 Å². The van der Waals surface area contributed by atoms with Gasteiger partial charge in [-0.05, 0) is 86.3 Å². The van der Waals surface area contributed by atoms with E-state index >= 15 is 0 Å². The minimum Gasteiger partial charge on any atom is -0.494 e. The zero-order chi connectivity index (χ0) is 46.7. The van der Waals surface area contributed by atoms with Crippen molar-refractivity contribution in [1.82, 2.24) is 20.0 Å². The molecule has 0 spiro atoms. The van der Waals surface area contributed by atoms with E-state index in [2.05, 4.69) is 52.5 Å². The molecule has 0 bridgehead atoms. The van der Waals surface area contributed by atoms with Gasteiger partial charge in [-0.15, -0.1) is 0 Å². The largest absolute Gasteiger partial charge is 0.494 e. The Morgan fingerprint density at radius 2 is 1.00 bits per heavy atom. The van der Waals surface area contributed by atoms with E-state index in [4.69, 9.17) is 34.5 Å². The zero-order valence-corrected chi connectivity index (χ0v) is 37.6. The van der Waals surface area contributed by atoms with Crippen LogP contribution in [0.3, 0.4) is 0 Å². The van der Waals surface area contributed by atoms with Gasteiger partial charge >= 0.3 is 23.6 Å². The maximum atomic E-state index is 12.4. The molecule has 2 aliphatic rings. The molecule has 2 saturated heterocycles. The minimum absolute atomic E-state index is 0.431. The molecule has 0 unspecified atom stereocenters. The van der Waals surface area contributed by atoms with Crippen LogP contribution in [0.2, 0.25) is 0 Å². The molecule has 4 amide bonds. The molecule has 0 aromatic heterocycles. The van der Waals surface area contributed by atoms with Crippen molar-refractivity contribution < 1.29 is 28.7 Å². The lowest BCUT2D eigenvalue weighted by Gasteiger charge is -2.33. The van der Waals surface area contributed by atoms with E-state index in [0.717, 1.165) is 36.1 Å². The number of halogens is 1. The van der Waals surface area contributed by atoms with E-state index in [-0.39, 0.29) is 0 Å². The van der Waals surface area contributed by atoms with Crippen molar-refractivity contribution in [2.75, 3.05) is 88.1 Å². The first kappa shape index (κ1) is 50.0. The van der Waals surface area contributed by atoms with E-state index in [9.17, 15) is 19.2 Å². The van der Waals surface area contributed by atoms with Crippen LogP contribution in [0, 0.1) is 31.0 Å². The molecular weight excluding hydrogens is 892 g/mol. The quantitative estimate of drug-likeness (QED) is 0.0374. The van der Waals surface area contributed by atoms with Gasteiger partial charge in [0.1, 0.15) is 11.5 Å². The Bertz CT molecular complexity index is 2230. The SMILES string of the molecule is [C-]#[N+]c1ccc(NCCCBr)cc1.[C-]#[N+]c1ccc(OCCCN2CCN(CCCNc3ccc(C#N)cc3)C(=O)C2=O)cc1.[C-]#[N+]c1ccc(OCCCN2CCNC(=O)C2=O)cc1. The fraction of sp³-hybridized carbons (Fsp3) is 0.333. The number of alkyl halides is 1. The number of ether oxygens (including phenoxy) is 2. The third-order valence-corrected chi connectivity index (χ3v) is 10.3. The molecule has 65 heavy (non-hydrogen) atoms. The van der Waals surface area contributed by atoms with E-state index in [1.165, 1.54) is 4.90 Å². The van der Waals surface area contributed by atoms with Crippen molar-refractivity contribution in [1.29, 1.82) is 5.26 Å². The Kier molecular flexibility index (Phi) is 21.7. The van der Waals surface area contributed by atoms with Crippen LogP contribution in [0.4, 0.5) is 28.4 Å². The Balaban J connectivity index is 0.000000238. The fourth-order valence-corrected chi connectivity index (χ4v) is 6.50. The number of nitrogens with one attached hydrogen (secondary N) is 3. The van der Waals surface area contributed by atoms with E-state index in [1.54, 1.807) is 70.5 Å². The number of nitriles is 1. The number of carbonyl (C=O) groups excluding carboxylic acids is 4. The lowest BCUT2D eigenvalue weighted by atomic mass is 10.2. The fourth-order valence-electron chi connectivity index (χ4n) is 6.22. The number of nitrogens with zero attached hydrogens (tertiary/aromatic N) is 7. The summed E-state index contributed by atoms with van der Waals surface area (Å²) < 4.78 is 11.2. The number of amides is 4. The van der Waals surface area contributed by atoms with Gasteiger partial charge in [0, 0.05) is 75.6 Å². The van der Waals surface area contributed by atoms with E-state index in [1.807, 2.05) is 36.4 Å². The van der Waals surface area contributed by atoms with Gasteiger partial charge in [0.2, 0.25) is 0 Å². The molecule has 2 heterocycles. The van der Waals surface area contributed by atoms with Crippen LogP contribution in [0.5, 0.6) is 11.5 Å². The van der Waals surface area contributed by atoms with Gasteiger partial charge in [-0.2, -0.15) is 5.26 Å². The number of rotatable bonds is 19. The van der Waals surface area contributed by atoms with Crippen molar-refractivity contribution in [3.05, 3.63) is 137 Å². The maximum absolute atomic E-state index is 12.4. The first-order chi connectivity index (χ1) is 31.7. The number of benzene rings is 4. The molecule has 0 aliphatic carbocycles. The first-order valence-electron chi connectivity index (χ1n) is 21.0. The number of hydrogen-bond acceptors (Lipinski definition) is 9. The molecule has 2 aliphatic heterocycles. The molecule has 0 saturated carbocycles. The second-order valence-electron chi connectivity index (χ2n) is 14.3. The van der Waals surface area contributed by atoms with E-state index in [0.29, 0.717) is 113 Å². The van der Waals surface area contributed by atoms with Crippen LogP contribution in [-0.4, -0.2) is 116 Å². The van der Waals surface area contributed by atoms with Crippen molar-refractivity contribution >= 4 is 68.0 Å². The highest BCUT2D eigenvalue weighted by atomic mass is 79.9. The lowest BCUT2D eigenvalue weighted by molar-refractivity contribution is -0.156. The summed E-state index contributed by atoms with van der Waals surface area (Å²) in [6.07, 6.45) is 3.10. The molecule has 2 fully saturated rings. The average molecular weight is 944 g/mol. The summed E-state index contributed by atoms with van der Waals surface area (Å²) in [7, 11) is 0. The average Bonchev–Trinajstić information content (AvgIpc) is 3.35. The molecule has 17 heteroatoms. The van der Waals surface area contributed by atoms with Crippen LogP contribution >= 0.6 is 15.9 Å². The summed E-state index contributed by atoms with van der Waals surface area (Å²) in [5.41, 5.74) is 4.42. The molecule has 4 aromatic rings. The Hall–Kier alpha value is -7.60. The van der Waals surface area contributed by atoms with Crippen LogP contribution in [-0.2, 0) is 19.2 Å². The number of anilines is 2. The highest BCUT2D eigenvalue weighted by Gasteiger charge is 2.31. The van der Waals surface area contributed by atoms with Gasteiger partial charge < -0.3 is 40.1 Å². The Labute approximate surface area is 388 Å². The molecule has 0 atom stereocenters. The molecule has 6 rings (SSSR count). The highest BCUT2D eigenvalue weighted by molar-refractivity contribution is 9.09. The lowest BCUT2D eigenvalue weighted by Crippen LogP contribution is -2.54. The maximum Gasteiger partial charge on any atom is 0.312 e. The van der Waals surface area contributed by atoms with Gasteiger partial charge in [-0.3, -0.25) is 19.2 Å². The number of hydrogen-bond donors (Lipinski definition) is 3. The minimum atomic E-state index is -0.535. The summed E-state index contributed by atoms with van der Waals surface area (Å²) in [6.45, 7) is 26.7. The van der Waals surface area contributed by atoms with Gasteiger partial charge in [0.05, 0.1) is 44.6 Å². The molecule has 16 nitrogen and oxygen atoms in total. The third-order valence-electron chi connectivity index (χ3n) is 9.74. The van der Waals surface area contributed by atoms with Gasteiger partial charge in [-0.25, -0.2) is 14.5 Å². The van der Waals surface area contributed by atoms with Gasteiger partial charge in [0.15, 0.2) is 17.1 Å². The summed E-state index contributed by atoms with van der Waals surface area (Å²) in [5, 5.41) is 18.9. The Morgan fingerprint density at radius 3 is 1.45 bits per heavy atom. The van der Waals surface area contributed by atoms with Crippen LogP contribution in [0.1, 0.15) is 31.2 Å². The third kappa shape index (κ3) is 17.6. The molecule has 4 aromatic carbocycles. The van der Waals surface area contributed by atoms with Gasteiger partial charge in [-0.1, -0.05) is 52.3 Å². The smallest absolute Gasteiger partial charge is 0.312 e. The first-order valence-corrected chi connectivity index (χ1v) is 22.2.